The molecule has 0 aromatic rings. The van der Waals surface area contributed by atoms with Gasteiger partial charge < -0.3 is 10.2 Å². The second kappa shape index (κ2) is 5.65. The van der Waals surface area contributed by atoms with E-state index >= 15 is 0 Å². The van der Waals surface area contributed by atoms with Gasteiger partial charge in [-0.3, -0.25) is 0 Å². The van der Waals surface area contributed by atoms with Gasteiger partial charge in [0.25, 0.3) is 0 Å². The summed E-state index contributed by atoms with van der Waals surface area (Å²) in [7, 11) is 0. The summed E-state index contributed by atoms with van der Waals surface area (Å²) >= 11 is 0. The molecule has 0 radical (unpaired) electrons. The fourth-order valence-corrected chi connectivity index (χ4v) is 5.29. The van der Waals surface area contributed by atoms with E-state index in [-0.39, 0.29) is 17.3 Å². The molecule has 3 aliphatic rings. The third-order valence-electron chi connectivity index (χ3n) is 6.73. The van der Waals surface area contributed by atoms with Gasteiger partial charge in [-0.1, -0.05) is 42.9 Å². The van der Waals surface area contributed by atoms with E-state index in [9.17, 15) is 10.2 Å². The highest BCUT2D eigenvalue weighted by Gasteiger charge is 2.58. The summed E-state index contributed by atoms with van der Waals surface area (Å²) < 4.78 is 0. The fraction of sp³-hybridized carbons (Fsp3) is 0.700. The zero-order valence-corrected chi connectivity index (χ0v) is 14.0. The average Bonchev–Trinajstić information content (AvgIpc) is 2.83. The third-order valence-corrected chi connectivity index (χ3v) is 6.73. The standard InChI is InChI=1S/C20H30O2/c1-12-6-5-7-13(2)15-10-11-20(4)17(15)14(3)16(9-8-12)18(21)19(20)22/h6,15-19,21-22H,2-3,5,7-11H2,1,4H3/b12-6-/t15?,16-,17+,18-,19-,20-/m0/s1. The van der Waals surface area contributed by atoms with Crippen LogP contribution in [-0.2, 0) is 0 Å². The minimum absolute atomic E-state index is 0.0166. The molecule has 2 saturated carbocycles. The second-order valence-corrected chi connectivity index (χ2v) is 8.03. The van der Waals surface area contributed by atoms with Crippen molar-refractivity contribution in [2.24, 2.45) is 23.2 Å². The van der Waals surface area contributed by atoms with Crippen molar-refractivity contribution in [2.75, 3.05) is 0 Å². The number of fused-ring (bicyclic) bond motifs is 1. The van der Waals surface area contributed by atoms with E-state index in [1.165, 1.54) is 16.7 Å². The van der Waals surface area contributed by atoms with Crippen LogP contribution in [0.1, 0.15) is 52.4 Å². The second-order valence-electron chi connectivity index (χ2n) is 8.03. The van der Waals surface area contributed by atoms with Gasteiger partial charge in [-0.25, -0.2) is 0 Å². The number of rotatable bonds is 0. The van der Waals surface area contributed by atoms with Crippen LogP contribution >= 0.6 is 0 Å². The quantitative estimate of drug-likeness (QED) is 0.664. The lowest BCUT2D eigenvalue weighted by Gasteiger charge is -2.50. The Morgan fingerprint density at radius 1 is 1.14 bits per heavy atom. The Morgan fingerprint density at radius 2 is 1.86 bits per heavy atom. The van der Waals surface area contributed by atoms with Crippen LogP contribution in [0.3, 0.4) is 0 Å². The molecule has 2 N–H and O–H groups in total. The molecule has 0 spiro atoms. The van der Waals surface area contributed by atoms with E-state index in [0.29, 0.717) is 5.92 Å². The van der Waals surface area contributed by atoms with Crippen molar-refractivity contribution in [3.8, 4) is 0 Å². The van der Waals surface area contributed by atoms with Crippen molar-refractivity contribution in [3.05, 3.63) is 36.0 Å². The first kappa shape index (κ1) is 16.0. The van der Waals surface area contributed by atoms with E-state index < -0.39 is 12.2 Å². The summed E-state index contributed by atoms with van der Waals surface area (Å²) in [5.74, 6) is 0.721. The maximum atomic E-state index is 10.8. The minimum atomic E-state index is -0.672. The molecule has 2 fully saturated rings. The van der Waals surface area contributed by atoms with Gasteiger partial charge in [-0.15, -0.1) is 0 Å². The molecule has 1 unspecified atom stereocenters. The molecular weight excluding hydrogens is 272 g/mol. The molecule has 0 aromatic heterocycles. The molecule has 122 valence electrons. The predicted molar refractivity (Wildman–Crippen MR) is 90.3 cm³/mol. The van der Waals surface area contributed by atoms with Gasteiger partial charge in [-0.05, 0) is 57.3 Å². The van der Waals surface area contributed by atoms with Gasteiger partial charge >= 0.3 is 0 Å². The van der Waals surface area contributed by atoms with Crippen LogP contribution in [0.15, 0.2) is 36.0 Å². The molecule has 3 aliphatic carbocycles. The highest BCUT2D eigenvalue weighted by molar-refractivity contribution is 5.28. The molecule has 3 rings (SSSR count). The molecule has 0 heterocycles. The number of aliphatic hydroxyl groups is 2. The summed E-state index contributed by atoms with van der Waals surface area (Å²) in [6, 6.07) is 0. The van der Waals surface area contributed by atoms with Gasteiger partial charge in [0, 0.05) is 11.3 Å². The maximum Gasteiger partial charge on any atom is 0.0869 e. The first-order valence-corrected chi connectivity index (χ1v) is 8.74. The molecule has 0 aliphatic heterocycles. The van der Waals surface area contributed by atoms with Crippen molar-refractivity contribution in [2.45, 2.75) is 64.6 Å². The molecule has 6 atom stereocenters. The maximum absolute atomic E-state index is 10.8. The zero-order chi connectivity index (χ0) is 16.1. The van der Waals surface area contributed by atoms with Crippen LogP contribution in [0.2, 0.25) is 0 Å². The lowest BCUT2D eigenvalue weighted by molar-refractivity contribution is -0.114. The lowest BCUT2D eigenvalue weighted by atomic mass is 9.58. The largest absolute Gasteiger partial charge is 0.390 e. The first-order valence-electron chi connectivity index (χ1n) is 8.74. The predicted octanol–water partition coefficient (Wildman–Crippen LogP) is 4.00. The smallest absolute Gasteiger partial charge is 0.0869 e. The van der Waals surface area contributed by atoms with Crippen LogP contribution in [0.4, 0.5) is 0 Å². The molecular formula is C20H30O2. The van der Waals surface area contributed by atoms with Crippen molar-refractivity contribution in [1.29, 1.82) is 0 Å². The van der Waals surface area contributed by atoms with Crippen LogP contribution in [0.25, 0.3) is 0 Å². The van der Waals surface area contributed by atoms with Crippen LogP contribution in [0.5, 0.6) is 0 Å². The number of aliphatic hydroxyl groups excluding tert-OH is 2. The molecule has 2 heteroatoms. The normalized spacial score (nSPS) is 48.5. The Labute approximate surface area is 134 Å². The van der Waals surface area contributed by atoms with Crippen LogP contribution in [0, 0.1) is 23.2 Å². The molecule has 0 amide bonds. The van der Waals surface area contributed by atoms with Crippen molar-refractivity contribution in [1.82, 2.24) is 0 Å². The molecule has 22 heavy (non-hydrogen) atoms. The topological polar surface area (TPSA) is 40.5 Å². The fourth-order valence-electron chi connectivity index (χ4n) is 5.29. The molecule has 2 nitrogen and oxygen atoms in total. The SMILES string of the molecule is C=C1CC/C=C(/C)CC[C@H]2C(=C)[C@@H]3C1CC[C@]3(C)[C@@H](O)[C@H]2O. The van der Waals surface area contributed by atoms with Gasteiger partial charge in [0.1, 0.15) is 0 Å². The van der Waals surface area contributed by atoms with E-state index in [1.54, 1.807) is 0 Å². The Kier molecular flexibility index (Phi) is 4.11. The van der Waals surface area contributed by atoms with E-state index in [0.717, 1.165) is 38.5 Å². The zero-order valence-electron chi connectivity index (χ0n) is 14.0. The number of allylic oxidation sites excluding steroid dienone is 3. The van der Waals surface area contributed by atoms with Crippen molar-refractivity contribution in [3.63, 3.8) is 0 Å². The first-order chi connectivity index (χ1) is 10.4. The van der Waals surface area contributed by atoms with Gasteiger partial charge in [0.05, 0.1) is 12.2 Å². The molecule has 0 aromatic carbocycles. The highest BCUT2D eigenvalue weighted by Crippen LogP contribution is 2.60. The highest BCUT2D eigenvalue weighted by atomic mass is 16.3. The molecule has 2 bridgehead atoms. The number of hydrogen-bond donors (Lipinski definition) is 2. The van der Waals surface area contributed by atoms with E-state index in [2.05, 4.69) is 33.1 Å². The minimum Gasteiger partial charge on any atom is -0.390 e. The van der Waals surface area contributed by atoms with Crippen molar-refractivity contribution >= 4 is 0 Å². The Bertz CT molecular complexity index is 518. The van der Waals surface area contributed by atoms with Gasteiger partial charge in [0.2, 0.25) is 0 Å². The summed E-state index contributed by atoms with van der Waals surface area (Å²) in [6.45, 7) is 13.1. The number of hydrogen-bond acceptors (Lipinski definition) is 2. The van der Waals surface area contributed by atoms with Gasteiger partial charge in [0.15, 0.2) is 0 Å². The summed E-state index contributed by atoms with van der Waals surface area (Å²) in [5, 5.41) is 21.5. The van der Waals surface area contributed by atoms with Crippen LogP contribution < -0.4 is 0 Å². The Morgan fingerprint density at radius 3 is 2.59 bits per heavy atom. The Hall–Kier alpha value is -0.860. The summed E-state index contributed by atoms with van der Waals surface area (Å²) in [6.07, 6.45) is 7.00. The van der Waals surface area contributed by atoms with E-state index in [1.807, 2.05) is 0 Å². The monoisotopic (exact) mass is 302 g/mol. The Balaban J connectivity index is 2.02. The summed E-state index contributed by atoms with van der Waals surface area (Å²) in [5.41, 5.74) is 3.61. The van der Waals surface area contributed by atoms with Crippen molar-refractivity contribution < 1.29 is 10.2 Å². The third kappa shape index (κ3) is 2.32. The van der Waals surface area contributed by atoms with E-state index in [4.69, 9.17) is 0 Å². The summed E-state index contributed by atoms with van der Waals surface area (Å²) in [4.78, 5) is 0. The lowest BCUT2D eigenvalue weighted by Crippen LogP contribution is -2.54. The van der Waals surface area contributed by atoms with Crippen LogP contribution in [-0.4, -0.2) is 22.4 Å². The average molecular weight is 302 g/mol. The molecule has 0 saturated heterocycles. The van der Waals surface area contributed by atoms with Gasteiger partial charge in [-0.2, -0.15) is 0 Å².